The van der Waals surface area contributed by atoms with Crippen LogP contribution in [0, 0.1) is 5.92 Å². The first-order chi connectivity index (χ1) is 8.29. The summed E-state index contributed by atoms with van der Waals surface area (Å²) >= 11 is 0. The molecule has 1 N–H and O–H groups in total. The van der Waals surface area contributed by atoms with Gasteiger partial charge in [0, 0.05) is 13.2 Å². The minimum Gasteiger partial charge on any atom is -0.494 e. The molecule has 0 aliphatic carbocycles. The summed E-state index contributed by atoms with van der Waals surface area (Å²) in [6, 6.07) is 7.69. The van der Waals surface area contributed by atoms with E-state index in [1.807, 2.05) is 31.2 Å². The van der Waals surface area contributed by atoms with Gasteiger partial charge in [0.25, 0.3) is 0 Å². The number of hydrogen-bond acceptors (Lipinski definition) is 3. The fourth-order valence-electron chi connectivity index (χ4n) is 2.17. The highest BCUT2D eigenvalue weighted by Gasteiger charge is 2.20. The van der Waals surface area contributed by atoms with Gasteiger partial charge in [0.2, 0.25) is 0 Å². The molecule has 17 heavy (non-hydrogen) atoms. The van der Waals surface area contributed by atoms with Crippen LogP contribution in [0.1, 0.15) is 31.4 Å². The van der Waals surface area contributed by atoms with E-state index in [1.54, 1.807) is 0 Å². The minimum atomic E-state index is -0.391. The average molecular weight is 236 g/mol. The Kier molecular flexibility index (Phi) is 4.40. The van der Waals surface area contributed by atoms with Crippen molar-refractivity contribution in [3.63, 3.8) is 0 Å². The molecule has 2 unspecified atom stereocenters. The van der Waals surface area contributed by atoms with Crippen LogP contribution in [0.5, 0.6) is 5.75 Å². The van der Waals surface area contributed by atoms with Crippen LogP contribution in [0.3, 0.4) is 0 Å². The fourth-order valence-corrected chi connectivity index (χ4v) is 2.17. The average Bonchev–Trinajstić information content (AvgIpc) is 2.83. The van der Waals surface area contributed by atoms with Crippen molar-refractivity contribution in [2.75, 3.05) is 19.8 Å². The smallest absolute Gasteiger partial charge is 0.119 e. The summed E-state index contributed by atoms with van der Waals surface area (Å²) in [5.74, 6) is 1.35. The molecule has 2 atom stereocenters. The summed E-state index contributed by atoms with van der Waals surface area (Å²) in [6.07, 6.45) is 1.46. The highest BCUT2D eigenvalue weighted by Crippen LogP contribution is 2.27. The highest BCUT2D eigenvalue weighted by molar-refractivity contribution is 5.28. The van der Waals surface area contributed by atoms with Crippen LogP contribution in [-0.4, -0.2) is 24.9 Å². The summed E-state index contributed by atoms with van der Waals surface area (Å²) in [7, 11) is 0. The maximum atomic E-state index is 10.1. The van der Waals surface area contributed by atoms with Gasteiger partial charge in [-0.15, -0.1) is 0 Å². The normalized spacial score (nSPS) is 21.4. The Hall–Kier alpha value is -1.06. The third-order valence-electron chi connectivity index (χ3n) is 3.16. The number of rotatable bonds is 5. The fraction of sp³-hybridized carbons (Fsp3) is 0.571. The Balaban J connectivity index is 1.91. The van der Waals surface area contributed by atoms with E-state index < -0.39 is 6.10 Å². The molecule has 1 saturated heterocycles. The Morgan fingerprint density at radius 3 is 2.76 bits per heavy atom. The first-order valence-corrected chi connectivity index (χ1v) is 6.28. The monoisotopic (exact) mass is 236 g/mol. The quantitative estimate of drug-likeness (QED) is 0.854. The largest absolute Gasteiger partial charge is 0.494 e. The minimum absolute atomic E-state index is 0.391. The van der Waals surface area contributed by atoms with Gasteiger partial charge >= 0.3 is 0 Å². The number of benzene rings is 1. The molecule has 1 aromatic carbocycles. The lowest BCUT2D eigenvalue weighted by atomic mass is 9.96. The zero-order chi connectivity index (χ0) is 12.1. The zero-order valence-corrected chi connectivity index (χ0v) is 10.3. The maximum Gasteiger partial charge on any atom is 0.119 e. The molecule has 1 aliphatic rings. The van der Waals surface area contributed by atoms with Crippen molar-refractivity contribution in [1.82, 2.24) is 0 Å². The Bertz CT molecular complexity index is 328. The van der Waals surface area contributed by atoms with Crippen molar-refractivity contribution in [2.45, 2.75) is 25.9 Å². The van der Waals surface area contributed by atoms with Gasteiger partial charge in [-0.25, -0.2) is 0 Å². The van der Waals surface area contributed by atoms with Gasteiger partial charge in [-0.05, 0) is 43.4 Å². The second-order valence-corrected chi connectivity index (χ2v) is 4.48. The molecule has 1 heterocycles. The molecule has 0 saturated carbocycles. The van der Waals surface area contributed by atoms with Crippen molar-refractivity contribution in [3.05, 3.63) is 29.8 Å². The molecule has 3 nitrogen and oxygen atoms in total. The van der Waals surface area contributed by atoms with Crippen LogP contribution in [0.25, 0.3) is 0 Å². The van der Waals surface area contributed by atoms with Gasteiger partial charge in [0.05, 0.1) is 12.7 Å². The van der Waals surface area contributed by atoms with Gasteiger partial charge in [0.15, 0.2) is 0 Å². The van der Waals surface area contributed by atoms with E-state index in [0.29, 0.717) is 12.5 Å². The summed E-state index contributed by atoms with van der Waals surface area (Å²) in [5, 5.41) is 10.1. The predicted molar refractivity (Wildman–Crippen MR) is 66.1 cm³/mol. The van der Waals surface area contributed by atoms with Crippen molar-refractivity contribution in [2.24, 2.45) is 5.92 Å². The lowest BCUT2D eigenvalue weighted by molar-refractivity contribution is 0.129. The molecule has 1 fully saturated rings. The highest BCUT2D eigenvalue weighted by atomic mass is 16.5. The van der Waals surface area contributed by atoms with Gasteiger partial charge < -0.3 is 14.6 Å². The molecule has 1 aromatic rings. The summed E-state index contributed by atoms with van der Waals surface area (Å²) in [4.78, 5) is 0. The van der Waals surface area contributed by atoms with Crippen molar-refractivity contribution in [1.29, 1.82) is 0 Å². The van der Waals surface area contributed by atoms with Crippen molar-refractivity contribution in [3.8, 4) is 5.75 Å². The van der Waals surface area contributed by atoms with Crippen molar-refractivity contribution < 1.29 is 14.6 Å². The number of ether oxygens (including phenoxy) is 2. The molecular weight excluding hydrogens is 216 g/mol. The first kappa shape index (κ1) is 12.4. The topological polar surface area (TPSA) is 38.7 Å². The van der Waals surface area contributed by atoms with E-state index in [4.69, 9.17) is 9.47 Å². The second kappa shape index (κ2) is 6.03. The summed E-state index contributed by atoms with van der Waals surface area (Å²) in [5.41, 5.74) is 0.959. The van der Waals surface area contributed by atoms with Crippen molar-refractivity contribution >= 4 is 0 Å². The van der Waals surface area contributed by atoms with E-state index in [2.05, 4.69) is 0 Å². The zero-order valence-electron chi connectivity index (χ0n) is 10.3. The molecule has 0 spiro atoms. The molecule has 0 aromatic heterocycles. The van der Waals surface area contributed by atoms with Crippen LogP contribution in [-0.2, 0) is 4.74 Å². The van der Waals surface area contributed by atoms with E-state index in [0.717, 1.165) is 37.4 Å². The number of aliphatic hydroxyl groups is 1. The molecule has 0 amide bonds. The molecule has 2 rings (SSSR count). The van der Waals surface area contributed by atoms with Gasteiger partial charge in [0.1, 0.15) is 5.75 Å². The third kappa shape index (κ3) is 3.45. The standard InChI is InChI=1S/C14H20O3/c1-2-17-13-5-3-12(4-6-13)14(15)9-11-7-8-16-10-11/h3-6,11,14-15H,2,7-10H2,1H3. The number of aliphatic hydroxyl groups excluding tert-OH is 1. The van der Waals surface area contributed by atoms with Crippen LogP contribution in [0.2, 0.25) is 0 Å². The Morgan fingerprint density at radius 2 is 2.18 bits per heavy atom. The van der Waals surface area contributed by atoms with Crippen LogP contribution < -0.4 is 4.74 Å². The maximum absolute atomic E-state index is 10.1. The van der Waals surface area contributed by atoms with Gasteiger partial charge in [-0.2, -0.15) is 0 Å². The summed E-state index contributed by atoms with van der Waals surface area (Å²) < 4.78 is 10.7. The molecule has 1 aliphatic heterocycles. The second-order valence-electron chi connectivity index (χ2n) is 4.48. The third-order valence-corrected chi connectivity index (χ3v) is 3.16. The van der Waals surface area contributed by atoms with Gasteiger partial charge in [-0.3, -0.25) is 0 Å². The van der Waals surface area contributed by atoms with Crippen LogP contribution >= 0.6 is 0 Å². The first-order valence-electron chi connectivity index (χ1n) is 6.28. The lowest BCUT2D eigenvalue weighted by Crippen LogP contribution is -2.07. The molecular formula is C14H20O3. The van der Waals surface area contributed by atoms with E-state index in [-0.39, 0.29) is 0 Å². The lowest BCUT2D eigenvalue weighted by Gasteiger charge is -2.15. The number of hydrogen-bond donors (Lipinski definition) is 1. The Labute approximate surface area is 102 Å². The van der Waals surface area contributed by atoms with E-state index in [1.165, 1.54) is 0 Å². The van der Waals surface area contributed by atoms with E-state index in [9.17, 15) is 5.11 Å². The van der Waals surface area contributed by atoms with Gasteiger partial charge in [-0.1, -0.05) is 12.1 Å². The molecule has 0 bridgehead atoms. The Morgan fingerprint density at radius 1 is 1.41 bits per heavy atom. The SMILES string of the molecule is CCOc1ccc(C(O)CC2CCOC2)cc1. The predicted octanol–water partition coefficient (Wildman–Crippen LogP) is 2.55. The van der Waals surface area contributed by atoms with E-state index >= 15 is 0 Å². The summed E-state index contributed by atoms with van der Waals surface area (Å²) in [6.45, 7) is 4.25. The molecule has 0 radical (unpaired) electrons. The van der Waals surface area contributed by atoms with Crippen LogP contribution in [0.4, 0.5) is 0 Å². The molecule has 3 heteroatoms. The molecule has 94 valence electrons. The van der Waals surface area contributed by atoms with Crippen LogP contribution in [0.15, 0.2) is 24.3 Å².